The van der Waals surface area contributed by atoms with Crippen molar-refractivity contribution in [3.8, 4) is 41.8 Å². The lowest BCUT2D eigenvalue weighted by atomic mass is 10.0. The van der Waals surface area contributed by atoms with Crippen molar-refractivity contribution in [1.82, 2.24) is 0 Å². The van der Waals surface area contributed by atoms with Gasteiger partial charge < -0.3 is 13.7 Å². The minimum absolute atomic E-state index is 0.785. The van der Waals surface area contributed by atoms with Crippen LogP contribution in [0.5, 0.6) is 5.75 Å². The van der Waals surface area contributed by atoms with Crippen molar-refractivity contribution in [2.75, 3.05) is 59.0 Å². The molecular formula is C39H44N2O+2. The molecule has 214 valence electrons. The summed E-state index contributed by atoms with van der Waals surface area (Å²) < 4.78 is 8.83. The summed E-state index contributed by atoms with van der Waals surface area (Å²) in [6, 6.07) is 23.9. The molecule has 3 aromatic carbocycles. The van der Waals surface area contributed by atoms with Crippen LogP contribution in [0.4, 0.5) is 0 Å². The molecule has 3 nitrogen and oxygen atoms in total. The fourth-order valence-electron chi connectivity index (χ4n) is 6.29. The Morgan fingerprint density at radius 3 is 1.38 bits per heavy atom. The quantitative estimate of drug-likeness (QED) is 0.158. The summed E-state index contributed by atoms with van der Waals surface area (Å²) in [6.45, 7) is 14.0. The van der Waals surface area contributed by atoms with Crippen molar-refractivity contribution in [2.45, 2.75) is 39.0 Å². The number of unbranched alkanes of at least 4 members (excludes halogenated alkanes) is 3. The molecule has 0 radical (unpaired) electrons. The Balaban J connectivity index is 1.03. The molecule has 0 aromatic heterocycles. The van der Waals surface area contributed by atoms with Crippen LogP contribution in [-0.2, 0) is 0 Å². The maximum Gasteiger partial charge on any atom is 0.129 e. The summed E-state index contributed by atoms with van der Waals surface area (Å²) >= 11 is 0. The van der Waals surface area contributed by atoms with Gasteiger partial charge in [0, 0.05) is 34.2 Å². The van der Waals surface area contributed by atoms with Gasteiger partial charge in [-0.25, -0.2) is 0 Å². The fourth-order valence-corrected chi connectivity index (χ4v) is 6.29. The zero-order valence-electron chi connectivity index (χ0n) is 25.2. The van der Waals surface area contributed by atoms with Crippen LogP contribution in [0, 0.1) is 36.0 Å². The zero-order chi connectivity index (χ0) is 29.1. The highest BCUT2D eigenvalue weighted by Gasteiger charge is 2.48. The van der Waals surface area contributed by atoms with Gasteiger partial charge in [-0.05, 0) is 85.6 Å². The number of hydrogen-bond acceptors (Lipinski definition) is 1. The van der Waals surface area contributed by atoms with E-state index in [-0.39, 0.29) is 0 Å². The van der Waals surface area contributed by atoms with E-state index in [0.717, 1.165) is 46.6 Å². The molecule has 0 spiro atoms. The summed E-state index contributed by atoms with van der Waals surface area (Å²) in [5.74, 6) is 16.4. The molecule has 3 aromatic rings. The zero-order valence-corrected chi connectivity index (χ0v) is 25.2. The van der Waals surface area contributed by atoms with Gasteiger partial charge in [0.2, 0.25) is 0 Å². The fraction of sp³-hybridized carbons (Fsp3) is 0.385. The lowest BCUT2D eigenvalue weighted by Crippen LogP contribution is -2.75. The Kier molecular flexibility index (Phi) is 10.1. The van der Waals surface area contributed by atoms with Crippen molar-refractivity contribution in [3.63, 3.8) is 0 Å². The molecule has 3 heteroatoms. The van der Waals surface area contributed by atoms with Gasteiger partial charge >= 0.3 is 0 Å². The molecular weight excluding hydrogens is 512 g/mol. The number of quaternary nitrogens is 2. The topological polar surface area (TPSA) is 9.23 Å². The van der Waals surface area contributed by atoms with Crippen LogP contribution in [0.2, 0.25) is 0 Å². The van der Waals surface area contributed by atoms with Crippen molar-refractivity contribution >= 4 is 0 Å². The van der Waals surface area contributed by atoms with Gasteiger partial charge in [-0.1, -0.05) is 49.4 Å². The van der Waals surface area contributed by atoms with E-state index >= 15 is 0 Å². The highest BCUT2D eigenvalue weighted by atomic mass is 16.5. The van der Waals surface area contributed by atoms with E-state index in [1.807, 2.05) is 72.8 Å². The molecule has 3 aliphatic heterocycles. The highest BCUT2D eigenvalue weighted by molar-refractivity contribution is 5.49. The number of ether oxygens (including phenoxy) is 1. The van der Waals surface area contributed by atoms with E-state index in [9.17, 15) is 0 Å². The smallest absolute Gasteiger partial charge is 0.129 e. The first-order valence-corrected chi connectivity index (χ1v) is 15.7. The van der Waals surface area contributed by atoms with Crippen LogP contribution in [-0.4, -0.2) is 67.9 Å². The van der Waals surface area contributed by atoms with Gasteiger partial charge in [0.15, 0.2) is 0 Å². The first-order valence-electron chi connectivity index (χ1n) is 15.7. The van der Waals surface area contributed by atoms with E-state index in [4.69, 9.17) is 11.2 Å². The number of fused-ring (bicyclic) bond motifs is 3. The summed E-state index contributed by atoms with van der Waals surface area (Å²) in [5.41, 5.74) is 4.72. The van der Waals surface area contributed by atoms with Crippen LogP contribution in [0.3, 0.4) is 0 Å². The molecule has 3 saturated heterocycles. The van der Waals surface area contributed by atoms with Gasteiger partial charge in [-0.2, -0.15) is 0 Å². The molecule has 0 atom stereocenters. The van der Waals surface area contributed by atoms with E-state index in [1.54, 1.807) is 0 Å². The molecule has 2 bridgehead atoms. The highest BCUT2D eigenvalue weighted by Crippen LogP contribution is 2.28. The maximum atomic E-state index is 6.11. The minimum Gasteiger partial charge on any atom is -0.493 e. The molecule has 3 aliphatic rings. The van der Waals surface area contributed by atoms with E-state index < -0.39 is 0 Å². The predicted molar refractivity (Wildman–Crippen MR) is 173 cm³/mol. The van der Waals surface area contributed by atoms with Crippen molar-refractivity contribution in [3.05, 3.63) is 101 Å². The Morgan fingerprint density at radius 2 is 0.952 bits per heavy atom. The molecule has 42 heavy (non-hydrogen) atoms. The summed E-state index contributed by atoms with van der Waals surface area (Å²) in [5, 5.41) is 0. The summed E-state index contributed by atoms with van der Waals surface area (Å²) in [7, 11) is 0. The third-order valence-corrected chi connectivity index (χ3v) is 9.17. The van der Waals surface area contributed by atoms with Crippen molar-refractivity contribution < 1.29 is 13.7 Å². The first kappa shape index (κ1) is 29.5. The van der Waals surface area contributed by atoms with Crippen LogP contribution in [0.25, 0.3) is 0 Å². The van der Waals surface area contributed by atoms with E-state index in [0.29, 0.717) is 0 Å². The largest absolute Gasteiger partial charge is 0.493 e. The Morgan fingerprint density at radius 1 is 0.548 bits per heavy atom. The predicted octanol–water partition coefficient (Wildman–Crippen LogP) is 6.48. The number of terminal acetylenes is 1. The minimum atomic E-state index is 0.785. The van der Waals surface area contributed by atoms with Crippen LogP contribution in [0.15, 0.2) is 72.8 Å². The monoisotopic (exact) mass is 556 g/mol. The van der Waals surface area contributed by atoms with Crippen molar-refractivity contribution in [2.24, 2.45) is 0 Å². The SMILES string of the molecule is C#Cc1ccc(C#Cc2ccc(C#Cc3ccc(OCCC[N+]45CC[N+](CCCCCC)(CC4)CC5)cc3)cc2)cc1. The van der Waals surface area contributed by atoms with Gasteiger partial charge in [0.25, 0.3) is 0 Å². The third-order valence-electron chi connectivity index (χ3n) is 9.17. The van der Waals surface area contributed by atoms with Crippen LogP contribution < -0.4 is 4.74 Å². The molecule has 0 aliphatic carbocycles. The molecule has 0 amide bonds. The molecule has 3 fully saturated rings. The second-order valence-electron chi connectivity index (χ2n) is 12.1. The normalized spacial score (nSPS) is 20.5. The summed E-state index contributed by atoms with van der Waals surface area (Å²) in [6.07, 6.45) is 12.1. The molecule has 3 heterocycles. The average Bonchev–Trinajstić information content (AvgIpc) is 3.05. The molecule has 0 saturated carbocycles. The number of nitrogens with zero attached hydrogens (tertiary/aromatic N) is 2. The number of rotatable bonds is 10. The van der Waals surface area contributed by atoms with E-state index in [1.165, 1.54) is 87.0 Å². The van der Waals surface area contributed by atoms with Crippen molar-refractivity contribution in [1.29, 1.82) is 0 Å². The van der Waals surface area contributed by atoms with Gasteiger partial charge in [0.05, 0.1) is 19.7 Å². The van der Waals surface area contributed by atoms with Crippen LogP contribution >= 0.6 is 0 Å². The third kappa shape index (κ3) is 8.08. The Bertz CT molecular complexity index is 1450. The number of hydrogen-bond donors (Lipinski definition) is 0. The van der Waals surface area contributed by atoms with Gasteiger partial charge in [-0.15, -0.1) is 6.42 Å². The molecule has 0 unspecified atom stereocenters. The number of benzene rings is 3. The lowest BCUT2D eigenvalue weighted by molar-refractivity contribution is -1.08. The van der Waals surface area contributed by atoms with Gasteiger partial charge in [-0.3, -0.25) is 0 Å². The molecule has 0 N–H and O–H groups in total. The second-order valence-corrected chi connectivity index (χ2v) is 12.1. The summed E-state index contributed by atoms with van der Waals surface area (Å²) in [4.78, 5) is 0. The number of piperazine rings is 3. The molecule has 6 rings (SSSR count). The Labute approximate surface area is 253 Å². The average molecular weight is 557 g/mol. The standard InChI is InChI=1S/C39H44N2O/c1-3-5-6-7-25-40-27-30-41(31-28-40,32-29-40)26-8-33-42-39-23-21-38(22-24-39)20-19-37-17-15-36(16-18-37)14-13-35-11-9-34(4-2)10-12-35/h2,9-12,15-18,21-24H,3,5-8,25-33H2,1H3/q+2. The first-order chi connectivity index (χ1) is 20.6. The van der Waals surface area contributed by atoms with Crippen LogP contribution in [0.1, 0.15) is 66.8 Å². The van der Waals surface area contributed by atoms with Gasteiger partial charge in [0.1, 0.15) is 45.0 Å². The maximum absolute atomic E-state index is 6.11. The lowest BCUT2D eigenvalue weighted by Gasteiger charge is -2.55. The second kappa shape index (κ2) is 14.3. The van der Waals surface area contributed by atoms with E-state index in [2.05, 4.69) is 36.5 Å². The Hall–Kier alpha value is -3.94.